The van der Waals surface area contributed by atoms with Crippen molar-refractivity contribution in [3.8, 4) is 0 Å². The van der Waals surface area contributed by atoms with Gasteiger partial charge in [0.15, 0.2) is 6.29 Å². The fourth-order valence-corrected chi connectivity index (χ4v) is 8.41. The van der Waals surface area contributed by atoms with E-state index in [1.54, 1.807) is 0 Å². The second-order valence-electron chi connectivity index (χ2n) is 18.7. The summed E-state index contributed by atoms with van der Waals surface area (Å²) in [6, 6.07) is 0. The van der Waals surface area contributed by atoms with Crippen LogP contribution in [0.25, 0.3) is 0 Å². The third-order valence-corrected chi connectivity index (χ3v) is 12.6. The van der Waals surface area contributed by atoms with Crippen LogP contribution in [0.3, 0.4) is 0 Å². The molecule has 1 rings (SSSR count). The number of carbonyl (C=O) groups is 1. The van der Waals surface area contributed by atoms with Crippen LogP contribution in [-0.2, 0) is 23.7 Å². The lowest BCUT2D eigenvalue weighted by Gasteiger charge is -2.39. The Labute approximate surface area is 387 Å². The molecule has 0 aromatic heterocycles. The van der Waals surface area contributed by atoms with Crippen LogP contribution in [0.1, 0.15) is 251 Å². The fraction of sp³-hybridized carbons (Fsp3) is 0.907. The quantitative estimate of drug-likeness (QED) is 0.0267. The molecule has 6 unspecified atom stereocenters. The van der Waals surface area contributed by atoms with Crippen LogP contribution in [0.5, 0.6) is 0 Å². The van der Waals surface area contributed by atoms with E-state index in [2.05, 4.69) is 38.2 Å². The maximum atomic E-state index is 12.8. The van der Waals surface area contributed by atoms with Gasteiger partial charge in [0.05, 0.1) is 19.8 Å². The lowest BCUT2D eigenvalue weighted by Crippen LogP contribution is -2.59. The first-order valence-corrected chi connectivity index (χ1v) is 26.9. The highest BCUT2D eigenvalue weighted by Crippen LogP contribution is 2.23. The predicted molar refractivity (Wildman–Crippen MR) is 261 cm³/mol. The Kier molecular flexibility index (Phi) is 43.4. The zero-order chi connectivity index (χ0) is 45.7. The molecule has 63 heavy (non-hydrogen) atoms. The molecule has 0 bridgehead atoms. The van der Waals surface area contributed by atoms with E-state index in [1.165, 1.54) is 186 Å². The number of carbonyl (C=O) groups excluding carboxylic acids is 1. The zero-order valence-corrected chi connectivity index (χ0v) is 41.1. The summed E-state index contributed by atoms with van der Waals surface area (Å²) in [6.45, 7) is 4.58. The Hall–Kier alpha value is -1.33. The molecular formula is C54H102O9. The second kappa shape index (κ2) is 45.8. The first kappa shape index (κ1) is 59.7. The van der Waals surface area contributed by atoms with Gasteiger partial charge in [0.25, 0.3) is 0 Å². The molecule has 0 aromatic rings. The van der Waals surface area contributed by atoms with Gasteiger partial charge in [-0.15, -0.1) is 0 Å². The molecule has 1 saturated heterocycles. The maximum Gasteiger partial charge on any atom is 0.306 e. The Morgan fingerprint density at radius 3 is 1.40 bits per heavy atom. The minimum Gasteiger partial charge on any atom is -0.457 e. The molecule has 0 saturated carbocycles. The van der Waals surface area contributed by atoms with Crippen LogP contribution in [0.2, 0.25) is 0 Å². The van der Waals surface area contributed by atoms with Gasteiger partial charge in [-0.05, 0) is 44.9 Å². The molecular weight excluding hydrogens is 793 g/mol. The third kappa shape index (κ3) is 36.5. The van der Waals surface area contributed by atoms with Gasteiger partial charge >= 0.3 is 5.97 Å². The van der Waals surface area contributed by atoms with Gasteiger partial charge < -0.3 is 39.4 Å². The van der Waals surface area contributed by atoms with E-state index in [-0.39, 0.29) is 19.2 Å². The first-order chi connectivity index (χ1) is 30.9. The van der Waals surface area contributed by atoms with Crippen molar-refractivity contribution in [2.24, 2.45) is 0 Å². The fourth-order valence-electron chi connectivity index (χ4n) is 8.41. The number of ether oxygens (including phenoxy) is 4. The van der Waals surface area contributed by atoms with E-state index in [0.717, 1.165) is 44.9 Å². The molecule has 0 aromatic carbocycles. The van der Waals surface area contributed by atoms with Crippen LogP contribution in [-0.4, -0.2) is 89.6 Å². The molecule has 4 N–H and O–H groups in total. The molecule has 9 nitrogen and oxygen atoms in total. The summed E-state index contributed by atoms with van der Waals surface area (Å²) >= 11 is 0. The normalized spacial score (nSPS) is 19.7. The number of aliphatic hydroxyl groups is 4. The van der Waals surface area contributed by atoms with Gasteiger partial charge in [0, 0.05) is 13.0 Å². The van der Waals surface area contributed by atoms with Crippen LogP contribution < -0.4 is 0 Å². The van der Waals surface area contributed by atoms with Gasteiger partial charge in [-0.2, -0.15) is 0 Å². The Bertz CT molecular complexity index is 1020. The molecule has 0 aliphatic carbocycles. The Morgan fingerprint density at radius 1 is 0.508 bits per heavy atom. The van der Waals surface area contributed by atoms with Crippen molar-refractivity contribution in [1.29, 1.82) is 0 Å². The first-order valence-electron chi connectivity index (χ1n) is 26.9. The Balaban J connectivity index is 2.16. The largest absolute Gasteiger partial charge is 0.457 e. The van der Waals surface area contributed by atoms with Crippen LogP contribution in [0.4, 0.5) is 0 Å². The molecule has 0 amide bonds. The number of hydrogen-bond acceptors (Lipinski definition) is 9. The monoisotopic (exact) mass is 895 g/mol. The van der Waals surface area contributed by atoms with Crippen LogP contribution in [0.15, 0.2) is 24.3 Å². The SMILES string of the molecule is CCCCC/C=C\C/C=C\CCCCCCCCCC(=O)OC(COCCCCCCCCCCCCCCCCCCCCCCCCC)COC1OC(CO)C(O)C(O)C1O. The molecule has 0 radical (unpaired) electrons. The minimum absolute atomic E-state index is 0.112. The van der Waals surface area contributed by atoms with Crippen molar-refractivity contribution < 1.29 is 44.2 Å². The van der Waals surface area contributed by atoms with Crippen LogP contribution in [0, 0.1) is 0 Å². The summed E-state index contributed by atoms with van der Waals surface area (Å²) in [5.41, 5.74) is 0. The van der Waals surface area contributed by atoms with E-state index in [9.17, 15) is 25.2 Å². The second-order valence-corrected chi connectivity index (χ2v) is 18.7. The van der Waals surface area contributed by atoms with E-state index >= 15 is 0 Å². The molecule has 1 aliphatic rings. The van der Waals surface area contributed by atoms with Gasteiger partial charge in [0.2, 0.25) is 0 Å². The smallest absolute Gasteiger partial charge is 0.306 e. The van der Waals surface area contributed by atoms with Crippen LogP contribution >= 0.6 is 0 Å². The highest BCUT2D eigenvalue weighted by Gasteiger charge is 2.44. The number of unbranched alkanes of at least 4 members (excludes halogenated alkanes) is 32. The highest BCUT2D eigenvalue weighted by molar-refractivity contribution is 5.69. The number of rotatable bonds is 47. The lowest BCUT2D eigenvalue weighted by molar-refractivity contribution is -0.305. The molecule has 9 heteroatoms. The van der Waals surface area contributed by atoms with E-state index in [0.29, 0.717) is 13.0 Å². The Morgan fingerprint density at radius 2 is 0.921 bits per heavy atom. The summed E-state index contributed by atoms with van der Waals surface area (Å²) in [7, 11) is 0. The highest BCUT2D eigenvalue weighted by atomic mass is 16.7. The number of hydrogen-bond donors (Lipinski definition) is 4. The molecule has 6 atom stereocenters. The summed E-state index contributed by atoms with van der Waals surface area (Å²) in [5.74, 6) is -0.316. The molecule has 0 spiro atoms. The minimum atomic E-state index is -1.54. The van der Waals surface area contributed by atoms with Crippen molar-refractivity contribution in [3.05, 3.63) is 24.3 Å². The van der Waals surface area contributed by atoms with Crippen molar-refractivity contribution >= 4 is 5.97 Å². The van der Waals surface area contributed by atoms with Gasteiger partial charge in [-0.25, -0.2) is 0 Å². The number of esters is 1. The average molecular weight is 895 g/mol. The van der Waals surface area contributed by atoms with Crippen molar-refractivity contribution in [1.82, 2.24) is 0 Å². The van der Waals surface area contributed by atoms with Crippen molar-refractivity contribution in [2.45, 2.75) is 288 Å². The standard InChI is InChI=1S/C54H102O9/c1-3-5-7-9-11-13-15-17-19-21-22-23-24-25-26-28-30-32-34-36-38-40-42-44-60-46-48(47-61-54-53(59)52(58)51(57)49(45-55)63-54)62-50(56)43-41-39-37-35-33-31-29-27-20-18-16-14-12-10-8-6-4-2/h12,14,18,20,48-49,51-55,57-59H,3-11,13,15-17,19,21-47H2,1-2H3/b14-12-,20-18-. The van der Waals surface area contributed by atoms with E-state index in [4.69, 9.17) is 18.9 Å². The topological polar surface area (TPSA) is 135 Å². The maximum absolute atomic E-state index is 12.8. The summed E-state index contributed by atoms with van der Waals surface area (Å²) in [6.07, 6.45) is 47.9. The number of allylic oxidation sites excluding steroid dienone is 4. The summed E-state index contributed by atoms with van der Waals surface area (Å²) in [5, 5.41) is 40.3. The molecule has 1 heterocycles. The van der Waals surface area contributed by atoms with E-state index < -0.39 is 43.4 Å². The lowest BCUT2D eigenvalue weighted by atomic mass is 9.99. The van der Waals surface area contributed by atoms with Crippen molar-refractivity contribution in [3.63, 3.8) is 0 Å². The van der Waals surface area contributed by atoms with E-state index in [1.807, 2.05) is 0 Å². The molecule has 372 valence electrons. The zero-order valence-electron chi connectivity index (χ0n) is 41.1. The average Bonchev–Trinajstić information content (AvgIpc) is 3.28. The van der Waals surface area contributed by atoms with Gasteiger partial charge in [-0.1, -0.05) is 224 Å². The third-order valence-electron chi connectivity index (χ3n) is 12.6. The van der Waals surface area contributed by atoms with Gasteiger partial charge in [-0.3, -0.25) is 4.79 Å². The number of aliphatic hydroxyl groups excluding tert-OH is 4. The molecule has 1 fully saturated rings. The summed E-state index contributed by atoms with van der Waals surface area (Å²) < 4.78 is 22.9. The predicted octanol–water partition coefficient (Wildman–Crippen LogP) is 13.3. The summed E-state index contributed by atoms with van der Waals surface area (Å²) in [4.78, 5) is 12.8. The van der Waals surface area contributed by atoms with Gasteiger partial charge in [0.1, 0.15) is 30.5 Å². The van der Waals surface area contributed by atoms with Crippen molar-refractivity contribution in [2.75, 3.05) is 26.4 Å². The molecule has 1 aliphatic heterocycles.